The number of aliphatic hydroxyl groups excluding tert-OH is 1. The van der Waals surface area contributed by atoms with Crippen LogP contribution in [0, 0.1) is 56.7 Å². The molecule has 1 aromatic carbocycles. The Morgan fingerprint density at radius 3 is 2.33 bits per heavy atom. The van der Waals surface area contributed by atoms with Crippen LogP contribution in [0.4, 0.5) is 0 Å². The Balaban J connectivity index is 1.05. The number of hydrogen-bond donors (Lipinski definition) is 2. The van der Waals surface area contributed by atoms with Gasteiger partial charge in [-0.15, -0.1) is 0 Å². The predicted octanol–water partition coefficient (Wildman–Crippen LogP) is 9.83. The van der Waals surface area contributed by atoms with E-state index in [1.807, 2.05) is 30.3 Å². The van der Waals surface area contributed by atoms with Crippen molar-refractivity contribution in [2.45, 2.75) is 168 Å². The van der Waals surface area contributed by atoms with E-state index in [2.05, 4.69) is 79.2 Å². The third kappa shape index (κ3) is 6.62. The normalized spacial score (nSPS) is 39.0. The van der Waals surface area contributed by atoms with Gasteiger partial charge >= 0.3 is 5.97 Å². The number of rotatable bonds is 7. The Morgan fingerprint density at radius 2 is 1.67 bits per heavy atom. The zero-order valence-corrected chi connectivity index (χ0v) is 35.8. The molecule has 1 aliphatic heterocycles. The average Bonchev–Trinajstić information content (AvgIpc) is 3.49. The lowest BCUT2D eigenvalue weighted by Crippen LogP contribution is -2.67. The van der Waals surface area contributed by atoms with Crippen LogP contribution < -0.4 is 5.56 Å². The summed E-state index contributed by atoms with van der Waals surface area (Å²) in [5, 5.41) is 22.3. The molecule has 0 bridgehead atoms. The molecule has 0 radical (unpaired) electrons. The number of carbonyl (C=O) groups excluding carboxylic acids is 1. The van der Waals surface area contributed by atoms with Crippen LogP contribution in [0.1, 0.15) is 150 Å². The number of nitriles is 1. The Bertz CT molecular complexity index is 1900. The number of hydrogen-bond acceptors (Lipinski definition) is 8. The molecule has 5 fully saturated rings. The first-order valence-corrected chi connectivity index (χ1v) is 22.0. The second kappa shape index (κ2) is 14.0. The summed E-state index contributed by atoms with van der Waals surface area (Å²) in [5.74, 6) is 1.35. The number of fused-ring (bicyclic) bond motifs is 5. The van der Waals surface area contributed by atoms with Crippen LogP contribution in [0.2, 0.25) is 0 Å². The Morgan fingerprint density at radius 1 is 0.982 bits per heavy atom. The van der Waals surface area contributed by atoms with Gasteiger partial charge in [0.25, 0.3) is 5.56 Å². The first-order valence-electron chi connectivity index (χ1n) is 21.0. The third-order valence-corrected chi connectivity index (χ3v) is 17.4. The molecule has 55 heavy (non-hydrogen) atoms. The second-order valence-electron chi connectivity index (χ2n) is 20.6. The zero-order valence-electron chi connectivity index (χ0n) is 35.0. The fourth-order valence-corrected chi connectivity index (χ4v) is 14.3. The van der Waals surface area contributed by atoms with E-state index in [0.717, 1.165) is 75.1 Å². The maximum atomic E-state index is 13.5. The van der Waals surface area contributed by atoms with E-state index in [0.29, 0.717) is 34.9 Å². The number of carbonyl (C=O) groups is 1. The van der Waals surface area contributed by atoms with Crippen molar-refractivity contribution in [1.82, 2.24) is 9.97 Å². The van der Waals surface area contributed by atoms with E-state index in [1.54, 1.807) is 0 Å². The van der Waals surface area contributed by atoms with Gasteiger partial charge in [0.05, 0.1) is 28.8 Å². The largest absolute Gasteiger partial charge is 0.461 e. The van der Waals surface area contributed by atoms with Crippen LogP contribution in [0.25, 0.3) is 11.3 Å². The molecule has 2 heterocycles. The van der Waals surface area contributed by atoms with Gasteiger partial charge in [0, 0.05) is 11.0 Å². The summed E-state index contributed by atoms with van der Waals surface area (Å²) in [6.45, 7) is 23.2. The Kier molecular flexibility index (Phi) is 10.3. The fourth-order valence-electron chi connectivity index (χ4n) is 13.7. The summed E-state index contributed by atoms with van der Waals surface area (Å²) in [7, 11) is 0. The van der Waals surface area contributed by atoms with Crippen LogP contribution in [0.15, 0.2) is 34.2 Å². The third-order valence-electron chi connectivity index (χ3n) is 16.5. The van der Waals surface area contributed by atoms with Crippen molar-refractivity contribution in [3.05, 3.63) is 45.7 Å². The second-order valence-corrected chi connectivity index (χ2v) is 21.6. The quantitative estimate of drug-likeness (QED) is 0.162. The summed E-state index contributed by atoms with van der Waals surface area (Å²) >= 11 is 1.13. The molecule has 9 heteroatoms. The molecule has 10 atom stereocenters. The van der Waals surface area contributed by atoms with Gasteiger partial charge in [0.1, 0.15) is 17.7 Å². The number of nitrogens with zero attached hydrogens (tertiary/aromatic N) is 2. The minimum atomic E-state index is -0.519. The van der Waals surface area contributed by atoms with Crippen molar-refractivity contribution >= 4 is 17.7 Å². The molecular formula is C46H65N3O5S. The lowest BCUT2D eigenvalue weighted by atomic mass is 9.35. The van der Waals surface area contributed by atoms with E-state index < -0.39 is 5.56 Å². The molecule has 1 saturated heterocycles. The van der Waals surface area contributed by atoms with Crippen molar-refractivity contribution in [3.8, 4) is 17.3 Å². The average molecular weight is 772 g/mol. The minimum absolute atomic E-state index is 0.00268. The fraction of sp³-hybridized carbons (Fsp3) is 0.739. The van der Waals surface area contributed by atoms with E-state index in [-0.39, 0.29) is 73.4 Å². The predicted molar refractivity (Wildman–Crippen MR) is 218 cm³/mol. The molecule has 0 amide bonds. The van der Waals surface area contributed by atoms with Crippen LogP contribution in [-0.2, 0) is 14.3 Å². The first kappa shape index (κ1) is 40.5. The number of aromatic amines is 1. The van der Waals surface area contributed by atoms with Gasteiger partial charge in [0.15, 0.2) is 5.16 Å². The van der Waals surface area contributed by atoms with Crippen LogP contribution >= 0.6 is 11.8 Å². The maximum Gasteiger partial charge on any atom is 0.316 e. The number of nitrogens with one attached hydrogen (secondary N) is 1. The molecule has 2 aromatic rings. The number of ether oxygens (including phenoxy) is 2. The first-order chi connectivity index (χ1) is 25.7. The van der Waals surface area contributed by atoms with E-state index in [9.17, 15) is 20.0 Å². The summed E-state index contributed by atoms with van der Waals surface area (Å²) < 4.78 is 13.3. The van der Waals surface area contributed by atoms with Gasteiger partial charge in [0.2, 0.25) is 0 Å². The molecular weight excluding hydrogens is 707 g/mol. The smallest absolute Gasteiger partial charge is 0.316 e. The molecule has 2 N–H and O–H groups in total. The van der Waals surface area contributed by atoms with Gasteiger partial charge < -0.3 is 19.6 Å². The van der Waals surface area contributed by atoms with Gasteiger partial charge in [-0.2, -0.15) is 5.26 Å². The molecule has 1 aromatic heterocycles. The van der Waals surface area contributed by atoms with Crippen LogP contribution in [0.5, 0.6) is 0 Å². The van der Waals surface area contributed by atoms with Crippen molar-refractivity contribution in [2.24, 2.45) is 45.3 Å². The van der Waals surface area contributed by atoms with Crippen molar-refractivity contribution in [2.75, 3.05) is 5.75 Å². The lowest BCUT2D eigenvalue weighted by molar-refractivity contribution is -0.258. The van der Waals surface area contributed by atoms with E-state index >= 15 is 0 Å². The Labute approximate surface area is 333 Å². The molecule has 8 nitrogen and oxygen atoms in total. The van der Waals surface area contributed by atoms with Gasteiger partial charge in [-0.1, -0.05) is 84.5 Å². The van der Waals surface area contributed by atoms with Crippen molar-refractivity contribution in [1.29, 1.82) is 5.26 Å². The maximum absolute atomic E-state index is 13.5. The van der Waals surface area contributed by atoms with Crippen LogP contribution in [-0.4, -0.2) is 50.2 Å². The summed E-state index contributed by atoms with van der Waals surface area (Å²) in [4.78, 5) is 33.8. The van der Waals surface area contributed by atoms with Crippen LogP contribution in [0.3, 0.4) is 0 Å². The molecule has 5 aliphatic rings. The van der Waals surface area contributed by atoms with Gasteiger partial charge in [-0.25, -0.2) is 4.98 Å². The van der Waals surface area contributed by atoms with Crippen molar-refractivity contribution < 1.29 is 19.4 Å². The van der Waals surface area contributed by atoms with Crippen molar-refractivity contribution in [3.63, 3.8) is 0 Å². The lowest BCUT2D eigenvalue weighted by Gasteiger charge is -2.70. The van der Waals surface area contributed by atoms with E-state index in [1.165, 1.54) is 6.42 Å². The SMILES string of the molecule is CC(C)c1ccc(-c2nc(SCC(=O)O[C@H]3CC[C@@]4(C)[C@@H](CC[C@]5(C)[C@H]4C[C@@H](O)[C@@H]4C([C@@]6(C)CCCC(C)(C)O6)CC[C@]45C)C3(C)C)[nH]c(=O)c2C#N)cc1. The molecule has 0 spiro atoms. The molecule has 300 valence electrons. The standard InChI is InChI=1S/C46H65N3O5S/c1-27(2)28-12-14-29(15-13-28)38-30(25-47)39(52)49-40(48-38)55-26-36(51)53-35-18-21-43(7)33(42(35,5)6)17-23-44(8)34(43)24-32(50)37-31(16-22-45(37,44)9)46(10)20-11-19-41(3,4)54-46/h12-15,27,31-35,37,50H,11,16-24,26H2,1-10H3,(H,48,49,52)/t31?,32-,33+,34+,35+,37+,43+,44-,45-,46-/m1/s1. The summed E-state index contributed by atoms with van der Waals surface area (Å²) in [6.07, 6.45) is 9.79. The highest BCUT2D eigenvalue weighted by atomic mass is 32.2. The minimum Gasteiger partial charge on any atom is -0.461 e. The van der Waals surface area contributed by atoms with Gasteiger partial charge in [-0.05, 0) is 136 Å². The van der Waals surface area contributed by atoms with E-state index in [4.69, 9.17) is 9.47 Å². The molecule has 4 saturated carbocycles. The highest BCUT2D eigenvalue weighted by Gasteiger charge is 2.72. The van der Waals surface area contributed by atoms with Gasteiger partial charge in [-0.3, -0.25) is 9.59 Å². The highest BCUT2D eigenvalue weighted by molar-refractivity contribution is 7.99. The molecule has 1 unspecified atom stereocenters. The summed E-state index contributed by atoms with van der Waals surface area (Å²) in [5.41, 5.74) is 1.17. The number of benzene rings is 1. The number of H-pyrrole nitrogens is 1. The highest BCUT2D eigenvalue weighted by Crippen LogP contribution is 2.76. The summed E-state index contributed by atoms with van der Waals surface area (Å²) in [6, 6.07) is 9.76. The number of aliphatic hydroxyl groups is 1. The topological polar surface area (TPSA) is 125 Å². The molecule has 4 aliphatic carbocycles. The number of esters is 1. The molecule has 7 rings (SSSR count). The number of thioether (sulfide) groups is 1. The monoisotopic (exact) mass is 771 g/mol. The Hall–Kier alpha value is -2.67. The number of aromatic nitrogens is 2. The zero-order chi connectivity index (χ0) is 39.9.